The quantitative estimate of drug-likeness (QED) is 0.883. The van der Waals surface area contributed by atoms with Gasteiger partial charge in [-0.05, 0) is 13.3 Å². The molecule has 2 heterocycles. The monoisotopic (exact) mass is 251 g/mol. The van der Waals surface area contributed by atoms with Gasteiger partial charge < -0.3 is 15.2 Å². The molecule has 1 aromatic rings. The molecule has 1 aliphatic rings. The third kappa shape index (κ3) is 2.20. The van der Waals surface area contributed by atoms with Gasteiger partial charge >= 0.3 is 0 Å². The summed E-state index contributed by atoms with van der Waals surface area (Å²) in [5.74, 6) is 1.27. The molecule has 1 aromatic heterocycles. The Hall–Kier alpha value is -1.20. The van der Waals surface area contributed by atoms with E-state index in [2.05, 4.69) is 16.9 Å². The molecule has 0 saturated carbocycles. The molecule has 18 heavy (non-hydrogen) atoms. The van der Waals surface area contributed by atoms with E-state index in [4.69, 9.17) is 15.2 Å². The number of hydrogen-bond donors (Lipinski definition) is 1. The molecule has 0 aromatic carbocycles. The molecule has 0 aliphatic carbocycles. The van der Waals surface area contributed by atoms with Crippen molar-refractivity contribution in [1.82, 2.24) is 9.97 Å². The minimum atomic E-state index is -0.441. The van der Waals surface area contributed by atoms with Gasteiger partial charge in [0.2, 0.25) is 0 Å². The predicted molar refractivity (Wildman–Crippen MR) is 69.3 cm³/mol. The molecule has 0 radical (unpaired) electrons. The number of aromatic nitrogens is 2. The Kier molecular flexibility index (Phi) is 3.82. The SMILES string of the molecule is CCc1c(C)nc(C2(OC)CCOCC2)nc1N. The molecule has 5 nitrogen and oxygen atoms in total. The summed E-state index contributed by atoms with van der Waals surface area (Å²) in [6.45, 7) is 5.38. The Morgan fingerprint density at radius 2 is 2.00 bits per heavy atom. The standard InChI is InChI=1S/C13H21N3O2/c1-4-10-9(2)15-12(16-11(10)14)13(17-3)5-7-18-8-6-13/h4-8H2,1-3H3,(H2,14,15,16). The molecule has 0 spiro atoms. The number of methoxy groups -OCH3 is 1. The number of ether oxygens (including phenoxy) is 2. The number of rotatable bonds is 3. The summed E-state index contributed by atoms with van der Waals surface area (Å²) in [6, 6.07) is 0. The van der Waals surface area contributed by atoms with E-state index < -0.39 is 5.60 Å². The lowest BCUT2D eigenvalue weighted by molar-refractivity contribution is -0.1000. The molecule has 0 atom stereocenters. The second kappa shape index (κ2) is 5.20. The molecule has 1 saturated heterocycles. The highest BCUT2D eigenvalue weighted by molar-refractivity contribution is 5.42. The number of nitrogens with two attached hydrogens (primary N) is 1. The average Bonchev–Trinajstić information content (AvgIpc) is 2.39. The topological polar surface area (TPSA) is 70.3 Å². The largest absolute Gasteiger partial charge is 0.383 e. The van der Waals surface area contributed by atoms with Crippen molar-refractivity contribution < 1.29 is 9.47 Å². The van der Waals surface area contributed by atoms with Crippen LogP contribution < -0.4 is 5.73 Å². The molecular weight excluding hydrogens is 230 g/mol. The minimum absolute atomic E-state index is 0.441. The third-order valence-corrected chi connectivity index (χ3v) is 3.70. The summed E-state index contributed by atoms with van der Waals surface area (Å²) in [5.41, 5.74) is 7.55. The highest BCUT2D eigenvalue weighted by Crippen LogP contribution is 2.34. The normalized spacial score (nSPS) is 18.8. The molecule has 0 bridgehead atoms. The van der Waals surface area contributed by atoms with Crippen LogP contribution in [0, 0.1) is 6.92 Å². The van der Waals surface area contributed by atoms with Crippen LogP contribution in [0.4, 0.5) is 5.82 Å². The van der Waals surface area contributed by atoms with E-state index in [1.165, 1.54) is 0 Å². The maximum absolute atomic E-state index is 6.02. The van der Waals surface area contributed by atoms with Crippen molar-refractivity contribution in [2.24, 2.45) is 0 Å². The van der Waals surface area contributed by atoms with E-state index in [0.717, 1.165) is 30.5 Å². The molecule has 5 heteroatoms. The highest BCUT2D eigenvalue weighted by atomic mass is 16.5. The van der Waals surface area contributed by atoms with Crippen LogP contribution in [0.2, 0.25) is 0 Å². The van der Waals surface area contributed by atoms with E-state index in [1.54, 1.807) is 7.11 Å². The fourth-order valence-electron chi connectivity index (χ4n) is 2.48. The third-order valence-electron chi connectivity index (χ3n) is 3.70. The molecule has 0 unspecified atom stereocenters. The maximum Gasteiger partial charge on any atom is 0.163 e. The summed E-state index contributed by atoms with van der Waals surface area (Å²) >= 11 is 0. The molecular formula is C13H21N3O2. The second-order valence-corrected chi connectivity index (χ2v) is 4.66. The smallest absolute Gasteiger partial charge is 0.163 e. The summed E-state index contributed by atoms with van der Waals surface area (Å²) in [7, 11) is 1.70. The number of nitrogen functional groups attached to an aromatic ring is 1. The molecule has 0 amide bonds. The Morgan fingerprint density at radius 3 is 2.50 bits per heavy atom. The van der Waals surface area contributed by atoms with E-state index in [9.17, 15) is 0 Å². The van der Waals surface area contributed by atoms with Crippen LogP contribution >= 0.6 is 0 Å². The lowest BCUT2D eigenvalue weighted by Gasteiger charge is -2.34. The van der Waals surface area contributed by atoms with Crippen molar-refractivity contribution in [2.45, 2.75) is 38.7 Å². The van der Waals surface area contributed by atoms with Crippen molar-refractivity contribution in [1.29, 1.82) is 0 Å². The van der Waals surface area contributed by atoms with E-state index in [1.807, 2.05) is 6.92 Å². The lowest BCUT2D eigenvalue weighted by atomic mass is 9.92. The zero-order chi connectivity index (χ0) is 13.2. The van der Waals surface area contributed by atoms with Crippen LogP contribution in [0.1, 0.15) is 36.8 Å². The van der Waals surface area contributed by atoms with Gasteiger partial charge in [-0.15, -0.1) is 0 Å². The highest BCUT2D eigenvalue weighted by Gasteiger charge is 2.38. The molecule has 1 fully saturated rings. The first-order chi connectivity index (χ1) is 8.63. The van der Waals surface area contributed by atoms with Gasteiger partial charge in [-0.3, -0.25) is 0 Å². The van der Waals surface area contributed by atoms with E-state index in [0.29, 0.717) is 24.9 Å². The number of aryl methyl sites for hydroxylation is 1. The molecule has 2 N–H and O–H groups in total. The summed E-state index contributed by atoms with van der Waals surface area (Å²) in [5, 5.41) is 0. The molecule has 2 rings (SSSR count). The van der Waals surface area contributed by atoms with Crippen LogP contribution in [0.25, 0.3) is 0 Å². The Balaban J connectivity index is 2.43. The van der Waals surface area contributed by atoms with Crippen molar-refractivity contribution in [2.75, 3.05) is 26.1 Å². The van der Waals surface area contributed by atoms with Crippen LogP contribution in [-0.4, -0.2) is 30.3 Å². The van der Waals surface area contributed by atoms with Gasteiger partial charge in [0.1, 0.15) is 11.4 Å². The Labute approximate surface area is 108 Å². The van der Waals surface area contributed by atoms with Gasteiger partial charge in [0, 0.05) is 44.4 Å². The number of nitrogens with zero attached hydrogens (tertiary/aromatic N) is 2. The zero-order valence-electron chi connectivity index (χ0n) is 11.3. The fraction of sp³-hybridized carbons (Fsp3) is 0.692. The number of anilines is 1. The van der Waals surface area contributed by atoms with E-state index >= 15 is 0 Å². The Morgan fingerprint density at radius 1 is 1.33 bits per heavy atom. The van der Waals surface area contributed by atoms with Crippen LogP contribution in [0.3, 0.4) is 0 Å². The van der Waals surface area contributed by atoms with Crippen molar-refractivity contribution >= 4 is 5.82 Å². The molecule has 100 valence electrons. The van der Waals surface area contributed by atoms with Crippen LogP contribution in [0.15, 0.2) is 0 Å². The van der Waals surface area contributed by atoms with Gasteiger partial charge in [0.15, 0.2) is 5.82 Å². The van der Waals surface area contributed by atoms with Gasteiger partial charge in [-0.2, -0.15) is 0 Å². The average molecular weight is 251 g/mol. The first-order valence-corrected chi connectivity index (χ1v) is 6.39. The molecule has 1 aliphatic heterocycles. The summed E-state index contributed by atoms with van der Waals surface area (Å²) in [6.07, 6.45) is 2.39. The lowest BCUT2D eigenvalue weighted by Crippen LogP contribution is -2.37. The summed E-state index contributed by atoms with van der Waals surface area (Å²) in [4.78, 5) is 9.06. The van der Waals surface area contributed by atoms with Gasteiger partial charge in [-0.1, -0.05) is 6.92 Å². The zero-order valence-corrected chi connectivity index (χ0v) is 11.3. The van der Waals surface area contributed by atoms with Gasteiger partial charge in [0.25, 0.3) is 0 Å². The minimum Gasteiger partial charge on any atom is -0.383 e. The van der Waals surface area contributed by atoms with Crippen molar-refractivity contribution in [3.8, 4) is 0 Å². The fourth-order valence-corrected chi connectivity index (χ4v) is 2.48. The van der Waals surface area contributed by atoms with Crippen LogP contribution in [-0.2, 0) is 21.5 Å². The first-order valence-electron chi connectivity index (χ1n) is 6.39. The maximum atomic E-state index is 6.02. The number of hydrogen-bond acceptors (Lipinski definition) is 5. The van der Waals surface area contributed by atoms with Crippen molar-refractivity contribution in [3.05, 3.63) is 17.1 Å². The Bertz CT molecular complexity index is 405. The predicted octanol–water partition coefficient (Wildman–Crippen LogP) is 1.58. The van der Waals surface area contributed by atoms with Gasteiger partial charge in [-0.25, -0.2) is 9.97 Å². The van der Waals surface area contributed by atoms with Crippen LogP contribution in [0.5, 0.6) is 0 Å². The second-order valence-electron chi connectivity index (χ2n) is 4.66. The van der Waals surface area contributed by atoms with E-state index in [-0.39, 0.29) is 0 Å². The first kappa shape index (κ1) is 13.2. The van der Waals surface area contributed by atoms with Gasteiger partial charge in [0.05, 0.1) is 0 Å². The van der Waals surface area contributed by atoms with Crippen molar-refractivity contribution in [3.63, 3.8) is 0 Å². The summed E-state index contributed by atoms with van der Waals surface area (Å²) < 4.78 is 11.1.